The van der Waals surface area contributed by atoms with Gasteiger partial charge >= 0.3 is 0 Å². The Bertz CT molecular complexity index is 479. The predicted molar refractivity (Wildman–Crippen MR) is 73.0 cm³/mol. The van der Waals surface area contributed by atoms with E-state index in [1.165, 1.54) is 0 Å². The normalized spacial score (nSPS) is 18.4. The summed E-state index contributed by atoms with van der Waals surface area (Å²) in [5.41, 5.74) is 2.54. The molecule has 3 nitrogen and oxygen atoms in total. The lowest BCUT2D eigenvalue weighted by molar-refractivity contribution is 0.0644. The molecule has 0 radical (unpaired) electrons. The van der Waals surface area contributed by atoms with Gasteiger partial charge in [0.05, 0.1) is 30.0 Å². The van der Waals surface area contributed by atoms with Crippen LogP contribution in [0.5, 0.6) is 0 Å². The molecule has 4 heteroatoms. The number of ether oxygens (including phenoxy) is 1. The molecule has 0 spiro atoms. The Balaban J connectivity index is 2.41. The molecule has 1 aromatic carbocycles. The third-order valence-corrected chi connectivity index (χ3v) is 3.58. The average molecular weight is 265 g/mol. The first-order valence-corrected chi connectivity index (χ1v) is 6.56. The number of alkyl halides is 1. The summed E-state index contributed by atoms with van der Waals surface area (Å²) in [5, 5.41) is 9.29. The van der Waals surface area contributed by atoms with Crippen molar-refractivity contribution in [2.24, 2.45) is 0 Å². The molecular weight excluding hydrogens is 248 g/mol. The Morgan fingerprint density at radius 1 is 1.50 bits per heavy atom. The molecule has 0 amide bonds. The molecule has 0 unspecified atom stereocenters. The van der Waals surface area contributed by atoms with Crippen LogP contribution in [0.1, 0.15) is 25.0 Å². The van der Waals surface area contributed by atoms with Gasteiger partial charge in [0.2, 0.25) is 0 Å². The van der Waals surface area contributed by atoms with Gasteiger partial charge in [0.1, 0.15) is 6.07 Å². The maximum atomic E-state index is 9.29. The molecule has 96 valence electrons. The number of halogens is 1. The Labute approximate surface area is 113 Å². The molecule has 0 atom stereocenters. The number of benzene rings is 1. The summed E-state index contributed by atoms with van der Waals surface area (Å²) in [5.74, 6) is 0.432. The van der Waals surface area contributed by atoms with E-state index in [0.717, 1.165) is 17.8 Å². The lowest BCUT2D eigenvalue weighted by atomic mass is 9.99. The van der Waals surface area contributed by atoms with Gasteiger partial charge in [0, 0.05) is 12.4 Å². The second-order valence-corrected chi connectivity index (χ2v) is 5.38. The van der Waals surface area contributed by atoms with Crippen LogP contribution in [0.25, 0.3) is 0 Å². The van der Waals surface area contributed by atoms with Gasteiger partial charge in [-0.05, 0) is 31.5 Å². The number of nitriles is 1. The maximum Gasteiger partial charge on any atom is 0.101 e. The molecule has 1 fully saturated rings. The van der Waals surface area contributed by atoms with Crippen LogP contribution in [0.4, 0.5) is 5.69 Å². The fraction of sp³-hybridized carbons (Fsp3) is 0.500. The zero-order valence-electron chi connectivity index (χ0n) is 10.7. The van der Waals surface area contributed by atoms with E-state index < -0.39 is 0 Å². The summed E-state index contributed by atoms with van der Waals surface area (Å²) < 4.78 is 5.51. The highest BCUT2D eigenvalue weighted by Gasteiger charge is 2.31. The standard InChI is InChI=1S/C14H17ClN2O/c1-14(2)10-18-6-5-17(14)13-4-3-11(8-15)7-12(13)9-16/h3-4,7H,5-6,8,10H2,1-2H3. The van der Waals surface area contributed by atoms with Gasteiger partial charge in [0.25, 0.3) is 0 Å². The maximum absolute atomic E-state index is 9.29. The van der Waals surface area contributed by atoms with Crippen molar-refractivity contribution < 1.29 is 4.74 Å². The molecule has 2 rings (SSSR count). The van der Waals surface area contributed by atoms with Gasteiger partial charge < -0.3 is 9.64 Å². The summed E-state index contributed by atoms with van der Waals surface area (Å²) in [4.78, 5) is 2.24. The average Bonchev–Trinajstić information content (AvgIpc) is 2.37. The first-order valence-electron chi connectivity index (χ1n) is 6.03. The quantitative estimate of drug-likeness (QED) is 0.771. The van der Waals surface area contributed by atoms with Crippen LogP contribution < -0.4 is 4.90 Å². The second kappa shape index (κ2) is 5.17. The van der Waals surface area contributed by atoms with E-state index >= 15 is 0 Å². The minimum absolute atomic E-state index is 0.0909. The van der Waals surface area contributed by atoms with Crippen molar-refractivity contribution >= 4 is 17.3 Å². The minimum atomic E-state index is -0.0909. The van der Waals surface area contributed by atoms with E-state index in [1.54, 1.807) is 0 Å². The zero-order valence-corrected chi connectivity index (χ0v) is 11.5. The van der Waals surface area contributed by atoms with Crippen LogP contribution >= 0.6 is 11.6 Å². The number of hydrogen-bond donors (Lipinski definition) is 0. The minimum Gasteiger partial charge on any atom is -0.377 e. The van der Waals surface area contributed by atoms with E-state index in [9.17, 15) is 5.26 Å². The van der Waals surface area contributed by atoms with Gasteiger partial charge in [0.15, 0.2) is 0 Å². The third-order valence-electron chi connectivity index (χ3n) is 3.27. The summed E-state index contributed by atoms with van der Waals surface area (Å²) in [7, 11) is 0. The Morgan fingerprint density at radius 2 is 2.28 bits per heavy atom. The van der Waals surface area contributed by atoms with E-state index in [-0.39, 0.29) is 5.54 Å². The Hall–Kier alpha value is -1.24. The summed E-state index contributed by atoms with van der Waals surface area (Å²) in [6, 6.07) is 8.10. The smallest absolute Gasteiger partial charge is 0.101 e. The number of anilines is 1. The lowest BCUT2D eigenvalue weighted by Crippen LogP contribution is -2.53. The summed E-state index contributed by atoms with van der Waals surface area (Å²) in [6.45, 7) is 6.44. The fourth-order valence-corrected chi connectivity index (χ4v) is 2.46. The van der Waals surface area contributed by atoms with Crippen LogP contribution in [-0.4, -0.2) is 25.3 Å². The Morgan fingerprint density at radius 3 is 2.89 bits per heavy atom. The van der Waals surface area contributed by atoms with Crippen molar-refractivity contribution in [1.29, 1.82) is 5.26 Å². The zero-order chi connectivity index (χ0) is 13.2. The van der Waals surface area contributed by atoms with Crippen LogP contribution in [0.15, 0.2) is 18.2 Å². The van der Waals surface area contributed by atoms with Gasteiger partial charge in [-0.1, -0.05) is 6.07 Å². The molecule has 1 aromatic rings. The van der Waals surface area contributed by atoms with Crippen molar-refractivity contribution in [2.75, 3.05) is 24.7 Å². The van der Waals surface area contributed by atoms with Crippen molar-refractivity contribution in [3.05, 3.63) is 29.3 Å². The first kappa shape index (κ1) is 13.2. The van der Waals surface area contributed by atoms with E-state index in [0.29, 0.717) is 24.7 Å². The van der Waals surface area contributed by atoms with Crippen LogP contribution in [-0.2, 0) is 10.6 Å². The molecule has 1 aliphatic rings. The largest absolute Gasteiger partial charge is 0.377 e. The molecule has 1 aliphatic heterocycles. The van der Waals surface area contributed by atoms with Gasteiger partial charge in [-0.15, -0.1) is 11.6 Å². The molecule has 0 saturated carbocycles. The molecule has 18 heavy (non-hydrogen) atoms. The SMILES string of the molecule is CC1(C)COCCN1c1ccc(CCl)cc1C#N. The number of rotatable bonds is 2. The number of hydrogen-bond acceptors (Lipinski definition) is 3. The van der Waals surface area contributed by atoms with E-state index in [2.05, 4.69) is 24.8 Å². The lowest BCUT2D eigenvalue weighted by Gasteiger charge is -2.44. The van der Waals surface area contributed by atoms with Crippen LogP contribution in [0.2, 0.25) is 0 Å². The molecule has 0 aromatic heterocycles. The molecule has 0 N–H and O–H groups in total. The molecular formula is C14H17ClN2O. The highest BCUT2D eigenvalue weighted by molar-refractivity contribution is 6.17. The van der Waals surface area contributed by atoms with Crippen LogP contribution in [0.3, 0.4) is 0 Å². The summed E-state index contributed by atoms with van der Waals surface area (Å²) >= 11 is 5.81. The van der Waals surface area contributed by atoms with Crippen molar-refractivity contribution in [2.45, 2.75) is 25.3 Å². The molecule has 1 heterocycles. The summed E-state index contributed by atoms with van der Waals surface area (Å²) in [6.07, 6.45) is 0. The second-order valence-electron chi connectivity index (χ2n) is 5.11. The van der Waals surface area contributed by atoms with E-state index in [1.807, 2.05) is 18.2 Å². The third kappa shape index (κ3) is 2.45. The van der Waals surface area contributed by atoms with E-state index in [4.69, 9.17) is 16.3 Å². The highest BCUT2D eigenvalue weighted by atomic mass is 35.5. The molecule has 0 aliphatic carbocycles. The molecule has 1 saturated heterocycles. The van der Waals surface area contributed by atoms with Crippen molar-refractivity contribution in [3.8, 4) is 6.07 Å². The van der Waals surface area contributed by atoms with Crippen molar-refractivity contribution in [1.82, 2.24) is 0 Å². The number of morpholine rings is 1. The predicted octanol–water partition coefficient (Wildman–Crippen LogP) is 2.91. The highest BCUT2D eigenvalue weighted by Crippen LogP contribution is 2.30. The number of nitrogens with zero attached hydrogens (tertiary/aromatic N) is 2. The van der Waals surface area contributed by atoms with Gasteiger partial charge in [-0.25, -0.2) is 0 Å². The van der Waals surface area contributed by atoms with Gasteiger partial charge in [-0.2, -0.15) is 5.26 Å². The Kier molecular flexibility index (Phi) is 3.79. The van der Waals surface area contributed by atoms with Gasteiger partial charge in [-0.3, -0.25) is 0 Å². The fourth-order valence-electron chi connectivity index (χ4n) is 2.30. The first-order chi connectivity index (χ1) is 8.58. The molecule has 0 bridgehead atoms. The topological polar surface area (TPSA) is 36.3 Å². The van der Waals surface area contributed by atoms with Crippen molar-refractivity contribution in [3.63, 3.8) is 0 Å². The van der Waals surface area contributed by atoms with Crippen LogP contribution in [0, 0.1) is 11.3 Å². The monoisotopic (exact) mass is 264 g/mol.